The van der Waals surface area contributed by atoms with Crippen LogP contribution >= 0.6 is 11.3 Å². The number of hydrogen-bond donors (Lipinski definition) is 1. The summed E-state index contributed by atoms with van der Waals surface area (Å²) in [6, 6.07) is 6.25. The molecule has 1 heterocycles. The van der Waals surface area contributed by atoms with E-state index >= 15 is 0 Å². The molecule has 1 N–H and O–H groups in total. The summed E-state index contributed by atoms with van der Waals surface area (Å²) < 4.78 is 12.9. The zero-order chi connectivity index (χ0) is 15.4. The monoisotopic (exact) mass is 308 g/mol. The Morgan fingerprint density at radius 3 is 2.62 bits per heavy atom. The fraction of sp³-hybridized carbons (Fsp3) is 0.333. The molecule has 6 heteroatoms. The molecule has 0 aliphatic heterocycles. The summed E-state index contributed by atoms with van der Waals surface area (Å²) in [5, 5.41) is 9.88. The number of thiazole rings is 1. The van der Waals surface area contributed by atoms with Crippen LogP contribution in [-0.4, -0.2) is 23.1 Å². The zero-order valence-electron chi connectivity index (χ0n) is 12.0. The Labute approximate surface area is 126 Å². The van der Waals surface area contributed by atoms with Crippen LogP contribution in [-0.2, 0) is 13.0 Å². The molecular weight excluding hydrogens is 291 g/mol. The van der Waals surface area contributed by atoms with Crippen molar-refractivity contribution >= 4 is 22.4 Å². The number of aryl methyl sites for hydroxylation is 1. The number of carboxylic acid groups (broad SMARTS) is 1. The molecule has 0 fully saturated rings. The zero-order valence-corrected chi connectivity index (χ0v) is 12.8. The summed E-state index contributed by atoms with van der Waals surface area (Å²) in [5.74, 6) is -1.20. The van der Waals surface area contributed by atoms with Crippen molar-refractivity contribution in [1.29, 1.82) is 0 Å². The van der Waals surface area contributed by atoms with E-state index in [1.807, 2.05) is 18.9 Å². The standard InChI is InChI=1S/C15H17FN2O2S/c1-3-4-12-13(14(19)20)21-15(17-12)18(2)9-10-5-7-11(16)8-6-10/h5-8H,3-4,9H2,1-2H3,(H,19,20). The molecule has 1 aromatic heterocycles. The predicted molar refractivity (Wildman–Crippen MR) is 81.6 cm³/mol. The van der Waals surface area contributed by atoms with Crippen molar-refractivity contribution in [3.63, 3.8) is 0 Å². The Morgan fingerprint density at radius 2 is 2.05 bits per heavy atom. The first-order valence-corrected chi connectivity index (χ1v) is 7.51. The Balaban J connectivity index is 2.18. The van der Waals surface area contributed by atoms with Gasteiger partial charge in [0.15, 0.2) is 5.13 Å². The van der Waals surface area contributed by atoms with Crippen molar-refractivity contribution in [3.05, 3.63) is 46.2 Å². The summed E-state index contributed by atoms with van der Waals surface area (Å²) in [6.07, 6.45) is 1.51. The third-order valence-electron chi connectivity index (χ3n) is 3.03. The van der Waals surface area contributed by atoms with Gasteiger partial charge in [-0.15, -0.1) is 0 Å². The van der Waals surface area contributed by atoms with Crippen molar-refractivity contribution in [2.24, 2.45) is 0 Å². The smallest absolute Gasteiger partial charge is 0.347 e. The SMILES string of the molecule is CCCc1nc(N(C)Cc2ccc(F)cc2)sc1C(=O)O. The average molecular weight is 308 g/mol. The van der Waals surface area contributed by atoms with Crippen LogP contribution in [0.1, 0.15) is 34.3 Å². The van der Waals surface area contributed by atoms with Crippen LogP contribution in [0.3, 0.4) is 0 Å². The number of benzene rings is 1. The lowest BCUT2D eigenvalue weighted by Gasteiger charge is -2.15. The molecule has 0 bridgehead atoms. The molecule has 112 valence electrons. The van der Waals surface area contributed by atoms with Gasteiger partial charge < -0.3 is 10.0 Å². The van der Waals surface area contributed by atoms with Crippen LogP contribution in [0.25, 0.3) is 0 Å². The number of rotatable bonds is 6. The number of carboxylic acids is 1. The minimum atomic E-state index is -0.933. The lowest BCUT2D eigenvalue weighted by atomic mass is 10.2. The Morgan fingerprint density at radius 1 is 1.38 bits per heavy atom. The van der Waals surface area contributed by atoms with Gasteiger partial charge in [0, 0.05) is 13.6 Å². The highest BCUT2D eigenvalue weighted by molar-refractivity contribution is 7.17. The van der Waals surface area contributed by atoms with Gasteiger partial charge in [-0.3, -0.25) is 0 Å². The van der Waals surface area contributed by atoms with Crippen LogP contribution in [0.15, 0.2) is 24.3 Å². The summed E-state index contributed by atoms with van der Waals surface area (Å²) in [5.41, 5.74) is 1.58. The highest BCUT2D eigenvalue weighted by atomic mass is 32.1. The number of aromatic carboxylic acids is 1. The molecular formula is C15H17FN2O2S. The fourth-order valence-corrected chi connectivity index (χ4v) is 2.92. The third kappa shape index (κ3) is 3.78. The normalized spacial score (nSPS) is 10.6. The molecule has 4 nitrogen and oxygen atoms in total. The molecule has 0 spiro atoms. The second-order valence-corrected chi connectivity index (χ2v) is 5.79. The van der Waals surface area contributed by atoms with E-state index in [-0.39, 0.29) is 5.82 Å². The molecule has 0 saturated carbocycles. The number of nitrogens with zero attached hydrogens (tertiary/aromatic N) is 2. The molecule has 21 heavy (non-hydrogen) atoms. The number of halogens is 1. The maximum absolute atomic E-state index is 12.9. The van der Waals surface area contributed by atoms with E-state index in [1.165, 1.54) is 23.5 Å². The summed E-state index contributed by atoms with van der Waals surface area (Å²) in [4.78, 5) is 17.8. The minimum Gasteiger partial charge on any atom is -0.477 e. The number of hydrogen-bond acceptors (Lipinski definition) is 4. The summed E-state index contributed by atoms with van der Waals surface area (Å²) in [7, 11) is 1.85. The van der Waals surface area contributed by atoms with Gasteiger partial charge in [-0.1, -0.05) is 36.8 Å². The summed E-state index contributed by atoms with van der Waals surface area (Å²) >= 11 is 1.18. The van der Waals surface area contributed by atoms with Crippen LogP contribution in [0, 0.1) is 5.82 Å². The molecule has 0 unspecified atom stereocenters. The molecule has 0 saturated heterocycles. The Bertz CT molecular complexity index is 625. The van der Waals surface area contributed by atoms with E-state index in [0.717, 1.165) is 12.0 Å². The molecule has 0 radical (unpaired) electrons. The van der Waals surface area contributed by atoms with Gasteiger partial charge in [-0.2, -0.15) is 0 Å². The van der Waals surface area contributed by atoms with Crippen LogP contribution < -0.4 is 4.90 Å². The third-order valence-corrected chi connectivity index (χ3v) is 4.23. The Kier molecular flexibility index (Phi) is 4.90. The number of aromatic nitrogens is 1. The van der Waals surface area contributed by atoms with Crippen molar-refractivity contribution in [2.75, 3.05) is 11.9 Å². The van der Waals surface area contributed by atoms with E-state index < -0.39 is 5.97 Å². The van der Waals surface area contributed by atoms with E-state index in [0.29, 0.717) is 28.7 Å². The van der Waals surface area contributed by atoms with Gasteiger partial charge in [0.25, 0.3) is 0 Å². The maximum atomic E-state index is 12.9. The lowest BCUT2D eigenvalue weighted by molar-refractivity contribution is 0.0700. The average Bonchev–Trinajstić information content (AvgIpc) is 2.86. The minimum absolute atomic E-state index is 0.269. The number of anilines is 1. The van der Waals surface area contributed by atoms with Crippen LogP contribution in [0.2, 0.25) is 0 Å². The van der Waals surface area contributed by atoms with Crippen LogP contribution in [0.4, 0.5) is 9.52 Å². The predicted octanol–water partition coefficient (Wildman–Crippen LogP) is 3.57. The maximum Gasteiger partial charge on any atom is 0.347 e. The van der Waals surface area contributed by atoms with Crippen LogP contribution in [0.5, 0.6) is 0 Å². The van der Waals surface area contributed by atoms with Gasteiger partial charge in [-0.25, -0.2) is 14.2 Å². The van der Waals surface area contributed by atoms with E-state index in [9.17, 15) is 14.3 Å². The molecule has 0 aliphatic carbocycles. The lowest BCUT2D eigenvalue weighted by Crippen LogP contribution is -2.16. The molecule has 0 aliphatic rings. The van der Waals surface area contributed by atoms with E-state index in [1.54, 1.807) is 12.1 Å². The summed E-state index contributed by atoms with van der Waals surface area (Å²) in [6.45, 7) is 2.55. The van der Waals surface area contributed by atoms with Gasteiger partial charge in [0.1, 0.15) is 10.7 Å². The van der Waals surface area contributed by atoms with E-state index in [2.05, 4.69) is 4.98 Å². The van der Waals surface area contributed by atoms with Gasteiger partial charge in [-0.05, 0) is 24.1 Å². The van der Waals surface area contributed by atoms with Crippen molar-refractivity contribution in [2.45, 2.75) is 26.3 Å². The Hall–Kier alpha value is -1.95. The van der Waals surface area contributed by atoms with Crippen molar-refractivity contribution in [3.8, 4) is 0 Å². The molecule has 1 aromatic carbocycles. The van der Waals surface area contributed by atoms with E-state index in [4.69, 9.17) is 0 Å². The second-order valence-electron chi connectivity index (χ2n) is 4.81. The largest absolute Gasteiger partial charge is 0.477 e. The fourth-order valence-electron chi connectivity index (χ4n) is 2.01. The van der Waals surface area contributed by atoms with Gasteiger partial charge in [0.05, 0.1) is 5.69 Å². The highest BCUT2D eigenvalue weighted by Gasteiger charge is 2.18. The molecule has 2 aromatic rings. The van der Waals surface area contributed by atoms with Gasteiger partial charge in [0.2, 0.25) is 0 Å². The number of carbonyl (C=O) groups is 1. The quantitative estimate of drug-likeness (QED) is 0.886. The highest BCUT2D eigenvalue weighted by Crippen LogP contribution is 2.27. The van der Waals surface area contributed by atoms with Crippen molar-refractivity contribution < 1.29 is 14.3 Å². The first-order chi connectivity index (χ1) is 10.0. The second kappa shape index (κ2) is 6.67. The molecule has 0 amide bonds. The topological polar surface area (TPSA) is 53.4 Å². The molecule has 2 rings (SSSR count). The first-order valence-electron chi connectivity index (χ1n) is 6.69. The van der Waals surface area contributed by atoms with Gasteiger partial charge >= 0.3 is 5.97 Å². The first kappa shape index (κ1) is 15.4. The van der Waals surface area contributed by atoms with Crippen molar-refractivity contribution in [1.82, 2.24) is 4.98 Å². The molecule has 0 atom stereocenters.